The lowest BCUT2D eigenvalue weighted by Crippen LogP contribution is -2.09. The van der Waals surface area contributed by atoms with Gasteiger partial charge in [-0.1, -0.05) is 0 Å². The number of nitrogens with zero attached hydrogens (tertiary/aromatic N) is 3. The first-order valence-corrected chi connectivity index (χ1v) is 6.99. The van der Waals surface area contributed by atoms with E-state index in [1.807, 2.05) is 6.92 Å². The highest BCUT2D eigenvalue weighted by Gasteiger charge is 2.07. The van der Waals surface area contributed by atoms with Crippen LogP contribution in [-0.4, -0.2) is 28.6 Å². The lowest BCUT2D eigenvalue weighted by molar-refractivity contribution is 0.312. The van der Waals surface area contributed by atoms with Crippen molar-refractivity contribution >= 4 is 23.2 Å². The second kappa shape index (κ2) is 6.33. The molecule has 2 rings (SSSR count). The Labute approximate surface area is 116 Å². The van der Waals surface area contributed by atoms with Gasteiger partial charge in [0.1, 0.15) is 0 Å². The van der Waals surface area contributed by atoms with E-state index in [1.54, 1.807) is 18.4 Å². The maximum absolute atomic E-state index is 5.31. The molecule has 0 bridgehead atoms. The van der Waals surface area contributed by atoms with Crippen LogP contribution < -0.4 is 15.4 Å². The lowest BCUT2D eigenvalue weighted by Gasteiger charge is -2.08. The number of aryl methyl sites for hydroxylation is 1. The number of hydrogen-bond donors (Lipinski definition) is 2. The van der Waals surface area contributed by atoms with Gasteiger partial charge in [-0.05, 0) is 35.7 Å². The molecule has 6 nitrogen and oxygen atoms in total. The van der Waals surface area contributed by atoms with Crippen LogP contribution in [0.1, 0.15) is 18.1 Å². The zero-order valence-electron chi connectivity index (χ0n) is 11.2. The third-order valence-electron chi connectivity index (χ3n) is 2.51. The predicted octanol–water partition coefficient (Wildman–Crippen LogP) is 2.29. The summed E-state index contributed by atoms with van der Waals surface area (Å²) >= 11 is 1.69. The molecular formula is C12H17N5OS. The van der Waals surface area contributed by atoms with Crippen molar-refractivity contribution in [1.29, 1.82) is 0 Å². The van der Waals surface area contributed by atoms with Crippen LogP contribution in [0, 0.1) is 6.92 Å². The molecule has 0 radical (unpaired) electrons. The summed E-state index contributed by atoms with van der Waals surface area (Å²) < 4.78 is 5.31. The Balaban J connectivity index is 2.10. The molecule has 2 N–H and O–H groups in total. The van der Waals surface area contributed by atoms with E-state index in [9.17, 15) is 0 Å². The average Bonchev–Trinajstić information content (AvgIpc) is 2.82. The normalized spacial score (nSPS) is 10.3. The van der Waals surface area contributed by atoms with Crippen molar-refractivity contribution in [2.24, 2.45) is 0 Å². The minimum absolute atomic E-state index is 0.325. The number of rotatable bonds is 6. The number of ether oxygens (including phenoxy) is 1. The van der Waals surface area contributed by atoms with Gasteiger partial charge in [0, 0.05) is 13.6 Å². The molecule has 0 aliphatic rings. The first kappa shape index (κ1) is 13.5. The molecule has 102 valence electrons. The van der Waals surface area contributed by atoms with E-state index in [0.29, 0.717) is 31.1 Å². The Morgan fingerprint density at radius 2 is 2.00 bits per heavy atom. The summed E-state index contributed by atoms with van der Waals surface area (Å²) in [6.07, 6.45) is 0. The number of anilines is 2. The molecule has 19 heavy (non-hydrogen) atoms. The molecule has 0 aromatic carbocycles. The van der Waals surface area contributed by atoms with Gasteiger partial charge < -0.3 is 15.4 Å². The molecule has 0 saturated heterocycles. The highest BCUT2D eigenvalue weighted by molar-refractivity contribution is 7.08. The average molecular weight is 279 g/mol. The Kier molecular flexibility index (Phi) is 4.51. The summed E-state index contributed by atoms with van der Waals surface area (Å²) in [4.78, 5) is 12.6. The van der Waals surface area contributed by atoms with Crippen LogP contribution in [0.2, 0.25) is 0 Å². The first-order valence-electron chi connectivity index (χ1n) is 6.05. The van der Waals surface area contributed by atoms with Crippen molar-refractivity contribution in [3.63, 3.8) is 0 Å². The Bertz CT molecular complexity index is 543. The van der Waals surface area contributed by atoms with Crippen LogP contribution in [0.4, 0.5) is 11.9 Å². The first-order chi connectivity index (χ1) is 9.22. The van der Waals surface area contributed by atoms with Crippen molar-refractivity contribution in [3.8, 4) is 6.01 Å². The van der Waals surface area contributed by atoms with Gasteiger partial charge in [0.2, 0.25) is 11.9 Å². The Morgan fingerprint density at radius 1 is 1.21 bits per heavy atom. The van der Waals surface area contributed by atoms with Crippen molar-refractivity contribution in [3.05, 3.63) is 21.9 Å². The van der Waals surface area contributed by atoms with Crippen LogP contribution in [0.25, 0.3) is 0 Å². The maximum atomic E-state index is 5.31. The van der Waals surface area contributed by atoms with E-state index < -0.39 is 0 Å². The molecule has 0 saturated carbocycles. The van der Waals surface area contributed by atoms with E-state index in [4.69, 9.17) is 4.74 Å². The standard InChI is InChI=1S/C12H17N5OS/c1-4-18-12-16-10(13-3)15-11(17-12)14-5-9-7-19-6-8(9)2/h6-7H,4-5H2,1-3H3,(H2,13,14,15,16,17). The van der Waals surface area contributed by atoms with Gasteiger partial charge in [-0.2, -0.15) is 26.3 Å². The molecule has 0 unspecified atom stereocenters. The fourth-order valence-corrected chi connectivity index (χ4v) is 2.34. The predicted molar refractivity (Wildman–Crippen MR) is 76.9 cm³/mol. The highest BCUT2D eigenvalue weighted by atomic mass is 32.1. The van der Waals surface area contributed by atoms with E-state index in [-0.39, 0.29) is 0 Å². The highest BCUT2D eigenvalue weighted by Crippen LogP contribution is 2.16. The van der Waals surface area contributed by atoms with E-state index >= 15 is 0 Å². The van der Waals surface area contributed by atoms with Crippen LogP contribution in [-0.2, 0) is 6.54 Å². The molecule has 2 heterocycles. The summed E-state index contributed by atoms with van der Waals surface area (Å²) in [7, 11) is 1.76. The van der Waals surface area contributed by atoms with Crippen LogP contribution in [0.15, 0.2) is 10.8 Å². The molecule has 0 amide bonds. The number of thiophene rings is 1. The second-order valence-corrected chi connectivity index (χ2v) is 4.63. The zero-order chi connectivity index (χ0) is 13.7. The molecule has 0 aliphatic heterocycles. The lowest BCUT2D eigenvalue weighted by atomic mass is 10.2. The zero-order valence-corrected chi connectivity index (χ0v) is 12.0. The quantitative estimate of drug-likeness (QED) is 0.845. The van der Waals surface area contributed by atoms with Gasteiger partial charge in [0.05, 0.1) is 6.61 Å². The summed E-state index contributed by atoms with van der Waals surface area (Å²) in [5, 5.41) is 10.3. The SMILES string of the molecule is CCOc1nc(NC)nc(NCc2cscc2C)n1. The minimum Gasteiger partial charge on any atom is -0.464 e. The third kappa shape index (κ3) is 3.54. The van der Waals surface area contributed by atoms with Crippen LogP contribution >= 0.6 is 11.3 Å². The van der Waals surface area contributed by atoms with E-state index in [0.717, 1.165) is 0 Å². The monoisotopic (exact) mass is 279 g/mol. The fourth-order valence-electron chi connectivity index (χ4n) is 1.48. The molecule has 0 aliphatic carbocycles. The molecule has 7 heteroatoms. The summed E-state index contributed by atoms with van der Waals surface area (Å²) in [5.74, 6) is 0.997. The minimum atomic E-state index is 0.325. The third-order valence-corrected chi connectivity index (χ3v) is 3.42. The van der Waals surface area contributed by atoms with Gasteiger partial charge in [-0.25, -0.2) is 0 Å². The van der Waals surface area contributed by atoms with Gasteiger partial charge in [0.15, 0.2) is 0 Å². The van der Waals surface area contributed by atoms with Crippen molar-refractivity contribution < 1.29 is 4.74 Å². The second-order valence-electron chi connectivity index (χ2n) is 3.88. The van der Waals surface area contributed by atoms with Gasteiger partial charge in [-0.15, -0.1) is 0 Å². The molecule has 0 spiro atoms. The fraction of sp³-hybridized carbons (Fsp3) is 0.417. The van der Waals surface area contributed by atoms with E-state index in [1.165, 1.54) is 11.1 Å². The van der Waals surface area contributed by atoms with Crippen LogP contribution in [0.3, 0.4) is 0 Å². The maximum Gasteiger partial charge on any atom is 0.323 e. The van der Waals surface area contributed by atoms with Gasteiger partial charge >= 0.3 is 6.01 Å². The van der Waals surface area contributed by atoms with Crippen molar-refractivity contribution in [2.45, 2.75) is 20.4 Å². The molecular weight excluding hydrogens is 262 g/mol. The Hall–Kier alpha value is -1.89. The molecule has 0 atom stereocenters. The number of nitrogens with one attached hydrogen (secondary N) is 2. The van der Waals surface area contributed by atoms with Crippen molar-refractivity contribution in [1.82, 2.24) is 15.0 Å². The van der Waals surface area contributed by atoms with Gasteiger partial charge in [0.25, 0.3) is 0 Å². The summed E-state index contributed by atoms with van der Waals surface area (Å²) in [6.45, 7) is 5.19. The van der Waals surface area contributed by atoms with Crippen molar-refractivity contribution in [2.75, 3.05) is 24.3 Å². The largest absolute Gasteiger partial charge is 0.464 e. The summed E-state index contributed by atoms with van der Waals surface area (Å²) in [5.41, 5.74) is 2.51. The van der Waals surface area contributed by atoms with E-state index in [2.05, 4.69) is 43.3 Å². The number of aromatic nitrogens is 3. The van der Waals surface area contributed by atoms with Crippen LogP contribution in [0.5, 0.6) is 6.01 Å². The number of hydrogen-bond acceptors (Lipinski definition) is 7. The molecule has 2 aromatic rings. The Morgan fingerprint density at radius 3 is 2.63 bits per heavy atom. The molecule has 2 aromatic heterocycles. The topological polar surface area (TPSA) is 72.0 Å². The summed E-state index contributed by atoms with van der Waals surface area (Å²) in [6, 6.07) is 0.325. The molecule has 0 fully saturated rings. The van der Waals surface area contributed by atoms with Gasteiger partial charge in [-0.3, -0.25) is 0 Å². The smallest absolute Gasteiger partial charge is 0.323 e.